The maximum absolute atomic E-state index is 13.4. The van der Waals surface area contributed by atoms with Crippen LogP contribution in [0.4, 0.5) is 21.5 Å². The van der Waals surface area contributed by atoms with Gasteiger partial charge in [-0.25, -0.2) is 4.39 Å². The molecule has 0 fully saturated rings. The van der Waals surface area contributed by atoms with Crippen LogP contribution in [0.25, 0.3) is 0 Å². The lowest BCUT2D eigenvalue weighted by Gasteiger charge is -2.11. The molecule has 0 amide bonds. The van der Waals surface area contributed by atoms with E-state index < -0.39 is 5.82 Å². The third kappa shape index (κ3) is 2.74. The van der Waals surface area contributed by atoms with Gasteiger partial charge in [-0.3, -0.25) is 0 Å². The van der Waals surface area contributed by atoms with Gasteiger partial charge in [0.1, 0.15) is 5.82 Å². The third-order valence-electron chi connectivity index (χ3n) is 2.71. The summed E-state index contributed by atoms with van der Waals surface area (Å²) in [6, 6.07) is 10.6. The molecule has 0 atom stereocenters. The van der Waals surface area contributed by atoms with Crippen molar-refractivity contribution in [3.63, 3.8) is 0 Å². The molecule has 2 aromatic rings. The summed E-state index contributed by atoms with van der Waals surface area (Å²) in [5, 5.41) is 3.12. The zero-order chi connectivity index (χ0) is 13.1. The molecular formula is C14H14ClFN2. The Morgan fingerprint density at radius 3 is 2.78 bits per heavy atom. The molecule has 0 radical (unpaired) electrons. The molecule has 0 saturated carbocycles. The fourth-order valence-electron chi connectivity index (χ4n) is 1.69. The lowest BCUT2D eigenvalue weighted by atomic mass is 10.1. The quantitative estimate of drug-likeness (QED) is 0.808. The summed E-state index contributed by atoms with van der Waals surface area (Å²) in [6.07, 6.45) is 0.944. The van der Waals surface area contributed by atoms with E-state index >= 15 is 0 Å². The molecule has 2 aromatic carbocycles. The van der Waals surface area contributed by atoms with Gasteiger partial charge in [-0.1, -0.05) is 30.7 Å². The first-order valence-electron chi connectivity index (χ1n) is 5.70. The number of anilines is 3. The SMILES string of the molecule is CCc1cccc(Nc2cc(F)c(Cl)cc2N)c1. The summed E-state index contributed by atoms with van der Waals surface area (Å²) < 4.78 is 13.4. The van der Waals surface area contributed by atoms with Crippen molar-refractivity contribution in [2.45, 2.75) is 13.3 Å². The van der Waals surface area contributed by atoms with E-state index in [4.69, 9.17) is 17.3 Å². The number of hydrogen-bond donors (Lipinski definition) is 2. The zero-order valence-corrected chi connectivity index (χ0v) is 10.8. The van der Waals surface area contributed by atoms with E-state index in [-0.39, 0.29) is 5.02 Å². The average molecular weight is 265 g/mol. The Hall–Kier alpha value is -1.74. The van der Waals surface area contributed by atoms with Gasteiger partial charge in [0.25, 0.3) is 0 Å². The summed E-state index contributed by atoms with van der Waals surface area (Å²) in [5.41, 5.74) is 8.81. The minimum atomic E-state index is -0.486. The van der Waals surface area contributed by atoms with E-state index in [9.17, 15) is 4.39 Å². The molecule has 0 aliphatic carbocycles. The molecule has 0 unspecified atom stereocenters. The fraction of sp³-hybridized carbons (Fsp3) is 0.143. The smallest absolute Gasteiger partial charge is 0.144 e. The second-order valence-corrected chi connectivity index (χ2v) is 4.44. The summed E-state index contributed by atoms with van der Waals surface area (Å²) in [7, 11) is 0. The Labute approximate surface area is 111 Å². The van der Waals surface area contributed by atoms with Gasteiger partial charge in [0.05, 0.1) is 16.4 Å². The van der Waals surface area contributed by atoms with Crippen LogP contribution in [0.2, 0.25) is 5.02 Å². The Bertz CT molecular complexity index is 570. The first kappa shape index (κ1) is 12.7. The Morgan fingerprint density at radius 1 is 1.28 bits per heavy atom. The van der Waals surface area contributed by atoms with Gasteiger partial charge in [0.15, 0.2) is 0 Å². The van der Waals surface area contributed by atoms with Crippen LogP contribution in [0.15, 0.2) is 36.4 Å². The van der Waals surface area contributed by atoms with Crippen molar-refractivity contribution >= 4 is 28.7 Å². The summed E-state index contributed by atoms with van der Waals surface area (Å²) in [6.45, 7) is 2.08. The van der Waals surface area contributed by atoms with Crippen molar-refractivity contribution < 1.29 is 4.39 Å². The van der Waals surface area contributed by atoms with E-state index in [2.05, 4.69) is 12.2 Å². The molecule has 94 valence electrons. The maximum Gasteiger partial charge on any atom is 0.144 e. The molecule has 2 rings (SSSR count). The second-order valence-electron chi connectivity index (χ2n) is 4.03. The van der Waals surface area contributed by atoms with Crippen molar-refractivity contribution in [3.05, 3.63) is 52.8 Å². The molecule has 3 N–H and O–H groups in total. The topological polar surface area (TPSA) is 38.0 Å². The molecule has 4 heteroatoms. The van der Waals surface area contributed by atoms with Gasteiger partial charge >= 0.3 is 0 Å². The van der Waals surface area contributed by atoms with Gasteiger partial charge in [0.2, 0.25) is 0 Å². The molecule has 0 spiro atoms. The Balaban J connectivity index is 2.30. The highest BCUT2D eigenvalue weighted by molar-refractivity contribution is 6.31. The normalized spacial score (nSPS) is 10.4. The molecule has 0 aliphatic rings. The van der Waals surface area contributed by atoms with Crippen LogP contribution >= 0.6 is 11.6 Å². The van der Waals surface area contributed by atoms with Crippen molar-refractivity contribution in [2.75, 3.05) is 11.1 Å². The average Bonchev–Trinajstić information content (AvgIpc) is 2.36. The van der Waals surface area contributed by atoms with Gasteiger partial charge in [-0.2, -0.15) is 0 Å². The van der Waals surface area contributed by atoms with Crippen molar-refractivity contribution in [1.82, 2.24) is 0 Å². The molecule has 0 heterocycles. The van der Waals surface area contributed by atoms with E-state index in [0.29, 0.717) is 11.4 Å². The van der Waals surface area contributed by atoms with Crippen molar-refractivity contribution in [3.8, 4) is 0 Å². The number of nitrogens with one attached hydrogen (secondary N) is 1. The van der Waals surface area contributed by atoms with Gasteiger partial charge in [-0.15, -0.1) is 0 Å². The highest BCUT2D eigenvalue weighted by Gasteiger charge is 2.06. The van der Waals surface area contributed by atoms with Crippen LogP contribution in [-0.4, -0.2) is 0 Å². The molecule has 0 saturated heterocycles. The van der Waals surface area contributed by atoms with Crippen molar-refractivity contribution in [1.29, 1.82) is 0 Å². The monoisotopic (exact) mass is 264 g/mol. The number of hydrogen-bond acceptors (Lipinski definition) is 2. The predicted octanol–water partition coefficient (Wildman–Crippen LogP) is 4.37. The van der Waals surface area contributed by atoms with Crippen LogP contribution in [0.5, 0.6) is 0 Å². The number of halogens is 2. The second kappa shape index (κ2) is 5.27. The van der Waals surface area contributed by atoms with Gasteiger partial charge in [0, 0.05) is 11.8 Å². The molecular weight excluding hydrogens is 251 g/mol. The lowest BCUT2D eigenvalue weighted by molar-refractivity contribution is 0.629. The highest BCUT2D eigenvalue weighted by Crippen LogP contribution is 2.28. The summed E-state index contributed by atoms with van der Waals surface area (Å²) >= 11 is 5.65. The van der Waals surface area contributed by atoms with Crippen LogP contribution < -0.4 is 11.1 Å². The largest absolute Gasteiger partial charge is 0.397 e. The molecule has 2 nitrogen and oxygen atoms in total. The van der Waals surface area contributed by atoms with E-state index in [1.807, 2.05) is 24.3 Å². The fourth-order valence-corrected chi connectivity index (χ4v) is 1.87. The molecule has 0 aliphatic heterocycles. The first-order chi connectivity index (χ1) is 8.60. The van der Waals surface area contributed by atoms with Crippen LogP contribution in [0.3, 0.4) is 0 Å². The van der Waals surface area contributed by atoms with Crippen molar-refractivity contribution in [2.24, 2.45) is 0 Å². The Kier molecular flexibility index (Phi) is 3.72. The number of nitrogens with two attached hydrogens (primary N) is 1. The number of benzene rings is 2. The number of aryl methyl sites for hydroxylation is 1. The number of rotatable bonds is 3. The molecule has 0 aromatic heterocycles. The minimum Gasteiger partial charge on any atom is -0.397 e. The molecule has 18 heavy (non-hydrogen) atoms. The maximum atomic E-state index is 13.4. The van der Waals surface area contributed by atoms with Crippen LogP contribution in [0.1, 0.15) is 12.5 Å². The Morgan fingerprint density at radius 2 is 2.06 bits per heavy atom. The lowest BCUT2D eigenvalue weighted by Crippen LogP contribution is -1.98. The van der Waals surface area contributed by atoms with E-state index in [1.54, 1.807) is 0 Å². The standard InChI is InChI=1S/C14H14ClFN2/c1-2-9-4-3-5-10(6-9)18-14-8-12(16)11(15)7-13(14)17/h3-8,18H,2,17H2,1H3. The highest BCUT2D eigenvalue weighted by atomic mass is 35.5. The van der Waals surface area contributed by atoms with E-state index in [0.717, 1.165) is 12.1 Å². The predicted molar refractivity (Wildman–Crippen MR) is 74.9 cm³/mol. The zero-order valence-electron chi connectivity index (χ0n) is 10.0. The van der Waals surface area contributed by atoms with Gasteiger partial charge < -0.3 is 11.1 Å². The molecule has 0 bridgehead atoms. The summed E-state index contributed by atoms with van der Waals surface area (Å²) in [4.78, 5) is 0. The first-order valence-corrected chi connectivity index (χ1v) is 6.08. The third-order valence-corrected chi connectivity index (χ3v) is 3.00. The van der Waals surface area contributed by atoms with E-state index in [1.165, 1.54) is 17.7 Å². The van der Waals surface area contributed by atoms with Gasteiger partial charge in [-0.05, 0) is 30.2 Å². The minimum absolute atomic E-state index is 0.0281. The van der Waals surface area contributed by atoms with Crippen LogP contribution in [-0.2, 0) is 6.42 Å². The van der Waals surface area contributed by atoms with Crippen LogP contribution in [0, 0.1) is 5.82 Å². The number of nitrogen functional groups attached to an aromatic ring is 1. The summed E-state index contributed by atoms with van der Waals surface area (Å²) in [5.74, 6) is -0.486.